The van der Waals surface area contributed by atoms with Gasteiger partial charge in [0.05, 0.1) is 4.91 Å². The highest BCUT2D eigenvalue weighted by Crippen LogP contribution is 2.19. The van der Waals surface area contributed by atoms with Gasteiger partial charge in [-0.05, 0) is 24.1 Å². The Bertz CT molecular complexity index is 523. The largest absolute Gasteiger partial charge is 0.262 e. The van der Waals surface area contributed by atoms with Crippen LogP contribution >= 0.6 is 0 Å². The molecule has 0 bridgehead atoms. The van der Waals surface area contributed by atoms with Gasteiger partial charge in [0.1, 0.15) is 0 Å². The van der Waals surface area contributed by atoms with Crippen molar-refractivity contribution >= 4 is 16.2 Å². The second-order valence-electron chi connectivity index (χ2n) is 3.31. The number of hydrogen-bond acceptors (Lipinski definition) is 3. The van der Waals surface area contributed by atoms with Crippen molar-refractivity contribution < 1.29 is 8.42 Å². The zero-order valence-electron chi connectivity index (χ0n) is 9.81. The lowest BCUT2D eigenvalue weighted by molar-refractivity contribution is 0.604. The van der Waals surface area contributed by atoms with Gasteiger partial charge in [-0.3, -0.25) is 4.99 Å². The second-order valence-corrected chi connectivity index (χ2v) is 4.84. The minimum Gasteiger partial charge on any atom is -0.262 e. The van der Waals surface area contributed by atoms with Gasteiger partial charge in [0, 0.05) is 11.9 Å². The minimum absolute atomic E-state index is 0.134. The van der Waals surface area contributed by atoms with Gasteiger partial charge in [-0.2, -0.15) is 0 Å². The van der Waals surface area contributed by atoms with Crippen LogP contribution in [0.25, 0.3) is 0 Å². The summed E-state index contributed by atoms with van der Waals surface area (Å²) in [6.07, 6.45) is 3.96. The topological polar surface area (TPSA) is 72.5 Å². The van der Waals surface area contributed by atoms with Crippen molar-refractivity contribution in [1.82, 2.24) is 0 Å². The second kappa shape index (κ2) is 6.12. The van der Waals surface area contributed by atoms with Gasteiger partial charge in [0.25, 0.3) is 0 Å². The predicted octanol–water partition coefficient (Wildman–Crippen LogP) is 2.06. The molecule has 2 N–H and O–H groups in total. The van der Waals surface area contributed by atoms with E-state index < -0.39 is 10.0 Å². The maximum absolute atomic E-state index is 11.3. The number of rotatable bonds is 6. The van der Waals surface area contributed by atoms with Crippen molar-refractivity contribution in [3.8, 4) is 0 Å². The van der Waals surface area contributed by atoms with Crippen molar-refractivity contribution in [2.75, 3.05) is 0 Å². The quantitative estimate of drug-likeness (QED) is 0.580. The molecule has 0 saturated carbocycles. The van der Waals surface area contributed by atoms with E-state index in [4.69, 9.17) is 5.14 Å². The van der Waals surface area contributed by atoms with Crippen LogP contribution in [0.4, 0.5) is 0 Å². The highest BCUT2D eigenvalue weighted by atomic mass is 32.2. The summed E-state index contributed by atoms with van der Waals surface area (Å²) in [7, 11) is -3.86. The Kier molecular flexibility index (Phi) is 5.50. The molecule has 0 aromatic heterocycles. The average Bonchev–Trinajstić information content (AvgIpc) is 2.19. The highest BCUT2D eigenvalue weighted by molar-refractivity contribution is 7.93. The molecule has 0 radical (unpaired) electrons. The Morgan fingerprint density at radius 1 is 1.29 bits per heavy atom. The average molecular weight is 252 g/mol. The molecule has 0 amide bonds. The number of allylic oxidation sites excluding steroid dienone is 5. The van der Waals surface area contributed by atoms with Crippen molar-refractivity contribution in [3.63, 3.8) is 0 Å². The number of hydrogen-bond donors (Lipinski definition) is 1. The monoisotopic (exact) mass is 252 g/mol. The fraction of sp³-hybridized carbons (Fsp3) is 0.0833. The van der Waals surface area contributed by atoms with E-state index in [1.165, 1.54) is 18.4 Å². The Morgan fingerprint density at radius 2 is 1.82 bits per heavy atom. The van der Waals surface area contributed by atoms with Crippen LogP contribution in [0, 0.1) is 0 Å². The SMILES string of the molecule is C=C/C=C(\C(=C)C(=C)C=NC(=C)C)S(N)(=O)=O. The van der Waals surface area contributed by atoms with Crippen LogP contribution in [-0.4, -0.2) is 14.6 Å². The molecule has 0 aliphatic heterocycles. The third-order valence-electron chi connectivity index (χ3n) is 1.70. The highest BCUT2D eigenvalue weighted by Gasteiger charge is 2.16. The van der Waals surface area contributed by atoms with E-state index in [2.05, 4.69) is 31.3 Å². The van der Waals surface area contributed by atoms with E-state index in [1.807, 2.05) is 0 Å². The van der Waals surface area contributed by atoms with E-state index in [-0.39, 0.29) is 10.5 Å². The van der Waals surface area contributed by atoms with Crippen LogP contribution < -0.4 is 5.14 Å². The van der Waals surface area contributed by atoms with Crippen molar-refractivity contribution in [1.29, 1.82) is 0 Å². The van der Waals surface area contributed by atoms with Crippen LogP contribution in [0.5, 0.6) is 0 Å². The normalized spacial score (nSPS) is 12.5. The summed E-state index contributed by atoms with van der Waals surface area (Å²) in [5.41, 5.74) is 1.09. The van der Waals surface area contributed by atoms with Crippen LogP contribution in [0.2, 0.25) is 0 Å². The van der Waals surface area contributed by atoms with Crippen LogP contribution in [0.1, 0.15) is 6.92 Å². The molecule has 4 nitrogen and oxygen atoms in total. The lowest BCUT2D eigenvalue weighted by Crippen LogP contribution is -2.16. The minimum atomic E-state index is -3.86. The zero-order chi connectivity index (χ0) is 13.6. The van der Waals surface area contributed by atoms with E-state index in [1.54, 1.807) is 6.92 Å². The summed E-state index contributed by atoms with van der Waals surface area (Å²) in [5.74, 6) is 0. The molecule has 0 aromatic carbocycles. The molecule has 17 heavy (non-hydrogen) atoms. The van der Waals surface area contributed by atoms with Gasteiger partial charge >= 0.3 is 0 Å². The Morgan fingerprint density at radius 3 is 2.18 bits per heavy atom. The number of aliphatic imine (C=N–C) groups is 1. The molecular formula is C12H16N2O2S. The van der Waals surface area contributed by atoms with Crippen LogP contribution in [-0.2, 0) is 10.0 Å². The summed E-state index contributed by atoms with van der Waals surface area (Å²) >= 11 is 0. The number of sulfonamides is 1. The molecule has 0 aliphatic rings. The van der Waals surface area contributed by atoms with Crippen molar-refractivity contribution in [3.05, 3.63) is 60.2 Å². The van der Waals surface area contributed by atoms with Gasteiger partial charge in [-0.1, -0.05) is 32.4 Å². The summed E-state index contributed by atoms with van der Waals surface area (Å²) in [6.45, 7) is 16.0. The first-order valence-corrected chi connectivity index (χ1v) is 6.18. The molecule has 5 heteroatoms. The van der Waals surface area contributed by atoms with Crippen molar-refractivity contribution in [2.24, 2.45) is 10.1 Å². The van der Waals surface area contributed by atoms with Gasteiger partial charge in [-0.15, -0.1) is 0 Å². The lowest BCUT2D eigenvalue weighted by atomic mass is 10.1. The van der Waals surface area contributed by atoms with Crippen molar-refractivity contribution in [2.45, 2.75) is 6.92 Å². The first-order chi connectivity index (χ1) is 7.70. The van der Waals surface area contributed by atoms with E-state index >= 15 is 0 Å². The maximum Gasteiger partial charge on any atom is 0.238 e. The molecule has 0 fully saturated rings. The lowest BCUT2D eigenvalue weighted by Gasteiger charge is -2.07. The molecule has 0 rings (SSSR count). The molecule has 0 saturated heterocycles. The van der Waals surface area contributed by atoms with Gasteiger partial charge in [0.2, 0.25) is 10.0 Å². The molecule has 0 atom stereocenters. The summed E-state index contributed by atoms with van der Waals surface area (Å²) < 4.78 is 22.6. The molecule has 92 valence electrons. The summed E-state index contributed by atoms with van der Waals surface area (Å²) in [5, 5.41) is 5.05. The van der Waals surface area contributed by atoms with E-state index in [9.17, 15) is 8.42 Å². The van der Waals surface area contributed by atoms with Crippen LogP contribution in [0.3, 0.4) is 0 Å². The first-order valence-electron chi connectivity index (χ1n) is 4.63. The first kappa shape index (κ1) is 15.3. The van der Waals surface area contributed by atoms with E-state index in [0.29, 0.717) is 11.3 Å². The third kappa shape index (κ3) is 5.24. The zero-order valence-corrected chi connectivity index (χ0v) is 10.6. The molecule has 0 unspecified atom stereocenters. The third-order valence-corrected chi connectivity index (χ3v) is 2.70. The number of primary sulfonamides is 1. The Balaban J connectivity index is 5.28. The van der Waals surface area contributed by atoms with Gasteiger partial charge in [0.15, 0.2) is 0 Å². The fourth-order valence-corrected chi connectivity index (χ4v) is 1.66. The summed E-state index contributed by atoms with van der Waals surface area (Å²) in [4.78, 5) is 3.77. The molecule has 0 heterocycles. The molecule has 0 aromatic rings. The standard InChI is InChI=1S/C12H16N2O2S/c1-6-7-12(17(13,15)16)11(5)10(4)8-14-9(2)3/h6-8H,1-2,4-5H2,3H3,(H2,13,15,16)/b12-7+,14-8?. The summed E-state index contributed by atoms with van der Waals surface area (Å²) in [6, 6.07) is 0. The van der Waals surface area contributed by atoms with Gasteiger partial charge < -0.3 is 0 Å². The Labute approximate surface area is 102 Å². The van der Waals surface area contributed by atoms with E-state index in [0.717, 1.165) is 0 Å². The molecule has 0 aliphatic carbocycles. The number of nitrogens with zero attached hydrogens (tertiary/aromatic N) is 1. The molecule has 0 spiro atoms. The predicted molar refractivity (Wildman–Crippen MR) is 73.0 cm³/mol. The van der Waals surface area contributed by atoms with Gasteiger partial charge in [-0.25, -0.2) is 13.6 Å². The number of nitrogens with two attached hydrogens (primary N) is 1. The molecular weight excluding hydrogens is 236 g/mol. The smallest absolute Gasteiger partial charge is 0.238 e. The maximum atomic E-state index is 11.3. The fourth-order valence-electron chi connectivity index (χ4n) is 0.898. The Hall–Kier alpha value is -1.72. The van der Waals surface area contributed by atoms with Crippen LogP contribution in [0.15, 0.2) is 65.2 Å².